The molecule has 1 amide bonds. The van der Waals surface area contributed by atoms with E-state index in [1.54, 1.807) is 7.11 Å². The third-order valence-electron chi connectivity index (χ3n) is 5.83. The summed E-state index contributed by atoms with van der Waals surface area (Å²) in [5.74, 6) is 2.99. The van der Waals surface area contributed by atoms with E-state index in [4.69, 9.17) is 14.2 Å². The first-order valence-corrected chi connectivity index (χ1v) is 12.5. The summed E-state index contributed by atoms with van der Waals surface area (Å²) < 4.78 is 19.0. The van der Waals surface area contributed by atoms with Crippen molar-refractivity contribution < 1.29 is 19.0 Å². The van der Waals surface area contributed by atoms with Crippen molar-refractivity contribution in [2.75, 3.05) is 19.5 Å². The number of hydrogen-bond donors (Lipinski definition) is 1. The molecule has 5 rings (SSSR count). The smallest absolute Gasteiger partial charge is 0.231 e. The normalized spacial score (nSPS) is 14.1. The maximum Gasteiger partial charge on any atom is 0.231 e. The van der Waals surface area contributed by atoms with Crippen molar-refractivity contribution in [3.8, 4) is 22.9 Å². The molecular weight excluding hydrogens is 476 g/mol. The van der Waals surface area contributed by atoms with Crippen molar-refractivity contribution in [1.82, 2.24) is 20.1 Å². The number of ether oxygens (including phenoxy) is 3. The minimum Gasteiger partial charge on any atom is -0.497 e. The van der Waals surface area contributed by atoms with Gasteiger partial charge in [-0.25, -0.2) is 0 Å². The largest absolute Gasteiger partial charge is 0.497 e. The quantitative estimate of drug-likeness (QED) is 0.337. The van der Waals surface area contributed by atoms with Gasteiger partial charge >= 0.3 is 0 Å². The highest BCUT2D eigenvalue weighted by Gasteiger charge is 2.26. The molecule has 184 valence electrons. The standard InChI is InChI=1S/C27H26N4O4S/c1-18-8-6-7-11-23(18)35-16-25-29-30-27(31(25)19-9-4-3-5-10-19)36-17-26(32)28-22-15-34-24-13-12-20(33-2)14-21(22)24/h3-14,22H,15-17H2,1-2H3,(H,28,32). The molecule has 1 unspecified atom stereocenters. The topological polar surface area (TPSA) is 87.5 Å². The van der Waals surface area contributed by atoms with Gasteiger partial charge in [-0.1, -0.05) is 48.2 Å². The minimum absolute atomic E-state index is 0.121. The monoisotopic (exact) mass is 502 g/mol. The third kappa shape index (κ3) is 5.16. The average molecular weight is 503 g/mol. The molecule has 0 spiro atoms. The first-order chi connectivity index (χ1) is 17.6. The number of benzene rings is 3. The van der Waals surface area contributed by atoms with E-state index in [1.165, 1.54) is 11.8 Å². The van der Waals surface area contributed by atoms with Gasteiger partial charge in [0.25, 0.3) is 0 Å². The van der Waals surface area contributed by atoms with Crippen LogP contribution in [-0.2, 0) is 11.4 Å². The lowest BCUT2D eigenvalue weighted by molar-refractivity contribution is -0.119. The second kappa shape index (κ2) is 10.7. The number of methoxy groups -OCH3 is 1. The second-order valence-corrected chi connectivity index (χ2v) is 9.19. The highest BCUT2D eigenvalue weighted by molar-refractivity contribution is 7.99. The van der Waals surface area contributed by atoms with Crippen molar-refractivity contribution in [3.63, 3.8) is 0 Å². The summed E-state index contributed by atoms with van der Waals surface area (Å²) in [5, 5.41) is 12.4. The molecule has 9 heteroatoms. The predicted molar refractivity (Wildman–Crippen MR) is 137 cm³/mol. The zero-order chi connectivity index (χ0) is 24.9. The van der Waals surface area contributed by atoms with Crippen LogP contribution in [0.25, 0.3) is 5.69 Å². The summed E-state index contributed by atoms with van der Waals surface area (Å²) in [6.07, 6.45) is 0. The van der Waals surface area contributed by atoms with Crippen LogP contribution in [0.3, 0.4) is 0 Å². The molecule has 0 aliphatic carbocycles. The molecule has 0 bridgehead atoms. The summed E-state index contributed by atoms with van der Waals surface area (Å²) >= 11 is 1.32. The van der Waals surface area contributed by atoms with E-state index in [2.05, 4.69) is 15.5 Å². The Morgan fingerprint density at radius 2 is 1.92 bits per heavy atom. The number of thioether (sulfide) groups is 1. The molecule has 8 nitrogen and oxygen atoms in total. The Balaban J connectivity index is 1.29. The van der Waals surface area contributed by atoms with Gasteiger partial charge in [0.15, 0.2) is 11.0 Å². The number of aryl methyl sites for hydroxylation is 1. The lowest BCUT2D eigenvalue weighted by atomic mass is 10.1. The average Bonchev–Trinajstić information content (AvgIpc) is 3.51. The molecule has 1 aromatic heterocycles. The molecule has 1 aliphatic rings. The zero-order valence-electron chi connectivity index (χ0n) is 20.0. The first kappa shape index (κ1) is 23.7. The van der Waals surface area contributed by atoms with Gasteiger partial charge in [-0.3, -0.25) is 9.36 Å². The molecule has 0 radical (unpaired) electrons. The summed E-state index contributed by atoms with van der Waals surface area (Å²) in [6, 6.07) is 23.0. The Labute approximate surface area is 213 Å². The number of nitrogens with zero attached hydrogens (tertiary/aromatic N) is 3. The SMILES string of the molecule is COc1ccc2c(c1)C(NC(=O)CSc1nnc(COc3ccccc3C)n1-c1ccccc1)CO2. The molecule has 0 fully saturated rings. The van der Waals surface area contributed by atoms with Crippen LogP contribution < -0.4 is 19.5 Å². The van der Waals surface area contributed by atoms with Crippen molar-refractivity contribution in [2.24, 2.45) is 0 Å². The third-order valence-corrected chi connectivity index (χ3v) is 6.76. The zero-order valence-corrected chi connectivity index (χ0v) is 20.8. The number of fused-ring (bicyclic) bond motifs is 1. The lowest BCUT2D eigenvalue weighted by Crippen LogP contribution is -2.30. The molecule has 36 heavy (non-hydrogen) atoms. The Morgan fingerprint density at radius 3 is 2.72 bits per heavy atom. The number of para-hydroxylation sites is 2. The fourth-order valence-electron chi connectivity index (χ4n) is 3.99. The van der Waals surface area contributed by atoms with Crippen LogP contribution in [0, 0.1) is 6.92 Å². The number of carbonyl (C=O) groups is 1. The highest BCUT2D eigenvalue weighted by Crippen LogP contribution is 2.35. The van der Waals surface area contributed by atoms with Crippen LogP contribution in [0.1, 0.15) is 23.0 Å². The Hall–Kier alpha value is -3.98. The van der Waals surface area contributed by atoms with Gasteiger partial charge in [0, 0.05) is 11.3 Å². The number of hydrogen-bond acceptors (Lipinski definition) is 7. The van der Waals surface area contributed by atoms with E-state index in [-0.39, 0.29) is 24.3 Å². The van der Waals surface area contributed by atoms with Crippen LogP contribution in [0.5, 0.6) is 17.2 Å². The van der Waals surface area contributed by atoms with E-state index in [9.17, 15) is 4.79 Å². The molecule has 4 aromatic rings. The minimum atomic E-state index is -0.228. The van der Waals surface area contributed by atoms with E-state index in [0.29, 0.717) is 17.6 Å². The van der Waals surface area contributed by atoms with Crippen molar-refractivity contribution >= 4 is 17.7 Å². The number of nitrogens with one attached hydrogen (secondary N) is 1. The van der Waals surface area contributed by atoms with Gasteiger partial charge in [-0.05, 0) is 48.9 Å². The van der Waals surface area contributed by atoms with E-state index in [0.717, 1.165) is 34.1 Å². The highest BCUT2D eigenvalue weighted by atomic mass is 32.2. The van der Waals surface area contributed by atoms with Crippen molar-refractivity contribution in [3.05, 3.63) is 89.7 Å². The van der Waals surface area contributed by atoms with E-state index in [1.807, 2.05) is 84.3 Å². The summed E-state index contributed by atoms with van der Waals surface area (Å²) in [5.41, 5.74) is 2.86. The number of rotatable bonds is 9. The lowest BCUT2D eigenvalue weighted by Gasteiger charge is -2.13. The summed E-state index contributed by atoms with van der Waals surface area (Å²) in [6.45, 7) is 2.64. The van der Waals surface area contributed by atoms with Gasteiger partial charge in [-0.2, -0.15) is 0 Å². The van der Waals surface area contributed by atoms with Crippen LogP contribution >= 0.6 is 11.8 Å². The molecule has 0 saturated carbocycles. The van der Waals surface area contributed by atoms with Gasteiger partial charge in [0.2, 0.25) is 5.91 Å². The van der Waals surface area contributed by atoms with Crippen LogP contribution in [0.4, 0.5) is 0 Å². The van der Waals surface area contributed by atoms with Gasteiger partial charge < -0.3 is 19.5 Å². The van der Waals surface area contributed by atoms with Crippen LogP contribution in [-0.4, -0.2) is 40.1 Å². The van der Waals surface area contributed by atoms with Crippen molar-refractivity contribution in [2.45, 2.75) is 24.7 Å². The van der Waals surface area contributed by atoms with Crippen LogP contribution in [0.15, 0.2) is 78.0 Å². The van der Waals surface area contributed by atoms with Gasteiger partial charge in [0.1, 0.15) is 30.5 Å². The number of carbonyl (C=O) groups excluding carboxylic acids is 1. The molecule has 3 aromatic carbocycles. The fraction of sp³-hybridized carbons (Fsp3) is 0.222. The van der Waals surface area contributed by atoms with Crippen molar-refractivity contribution in [1.29, 1.82) is 0 Å². The maximum absolute atomic E-state index is 12.8. The second-order valence-electron chi connectivity index (χ2n) is 8.25. The first-order valence-electron chi connectivity index (χ1n) is 11.5. The Kier molecular flexibility index (Phi) is 7.08. The fourth-order valence-corrected chi connectivity index (χ4v) is 4.77. The van der Waals surface area contributed by atoms with E-state index >= 15 is 0 Å². The molecule has 1 aliphatic heterocycles. The Bertz CT molecular complexity index is 1360. The summed E-state index contributed by atoms with van der Waals surface area (Å²) in [4.78, 5) is 12.8. The molecule has 0 saturated heterocycles. The predicted octanol–water partition coefficient (Wildman–Crippen LogP) is 4.51. The number of amides is 1. The maximum atomic E-state index is 12.8. The van der Waals surface area contributed by atoms with E-state index < -0.39 is 0 Å². The summed E-state index contributed by atoms with van der Waals surface area (Å²) in [7, 11) is 1.62. The van der Waals surface area contributed by atoms with Crippen LogP contribution in [0.2, 0.25) is 0 Å². The molecule has 1 N–H and O–H groups in total. The number of aromatic nitrogens is 3. The van der Waals surface area contributed by atoms with Gasteiger partial charge in [-0.15, -0.1) is 10.2 Å². The Morgan fingerprint density at radius 1 is 1.11 bits per heavy atom. The molecule has 2 heterocycles. The molecule has 1 atom stereocenters. The molecular formula is C27H26N4O4S. The van der Waals surface area contributed by atoms with Gasteiger partial charge in [0.05, 0.1) is 18.9 Å².